The van der Waals surface area contributed by atoms with Crippen LogP contribution in [0.1, 0.15) is 22.0 Å². The van der Waals surface area contributed by atoms with E-state index >= 15 is 0 Å². The van der Waals surface area contributed by atoms with Crippen molar-refractivity contribution in [3.8, 4) is 11.5 Å². The molecule has 1 N–H and O–H groups in total. The number of aryl methyl sites for hydroxylation is 1. The number of pyridine rings is 2. The van der Waals surface area contributed by atoms with Crippen molar-refractivity contribution in [1.82, 2.24) is 29.2 Å². The molecule has 0 unspecified atom stereocenters. The molecule has 30 heavy (non-hydrogen) atoms. The van der Waals surface area contributed by atoms with Crippen LogP contribution in [0.2, 0.25) is 0 Å². The third-order valence-corrected chi connectivity index (χ3v) is 4.90. The molecule has 8 nitrogen and oxygen atoms in total. The molecule has 1 amide bonds. The molecule has 0 aliphatic rings. The van der Waals surface area contributed by atoms with Gasteiger partial charge >= 0.3 is 0 Å². The van der Waals surface area contributed by atoms with Crippen LogP contribution in [0.25, 0.3) is 17.0 Å². The number of nitrogens with one attached hydrogen (secondary N) is 1. The lowest BCUT2D eigenvalue weighted by molar-refractivity contribution is 0.0951. The summed E-state index contributed by atoms with van der Waals surface area (Å²) in [6.07, 6.45) is 6.25. The highest BCUT2D eigenvalue weighted by molar-refractivity contribution is 5.99. The minimum Gasteiger partial charge on any atom is -0.383 e. The van der Waals surface area contributed by atoms with Crippen LogP contribution in [0.4, 0.5) is 0 Å². The Bertz CT molecular complexity index is 1150. The molecule has 4 aromatic rings. The molecule has 4 rings (SSSR count). The minimum atomic E-state index is -0.212. The molecule has 0 fully saturated rings. The van der Waals surface area contributed by atoms with Gasteiger partial charge in [0.15, 0.2) is 11.5 Å². The van der Waals surface area contributed by atoms with Gasteiger partial charge in [-0.05, 0) is 31.2 Å². The lowest BCUT2D eigenvalue weighted by atomic mass is 10.2. The van der Waals surface area contributed by atoms with Crippen LogP contribution in [0.5, 0.6) is 0 Å². The number of amides is 1. The smallest absolute Gasteiger partial charge is 0.272 e. The van der Waals surface area contributed by atoms with Crippen LogP contribution < -0.4 is 5.32 Å². The zero-order chi connectivity index (χ0) is 20.9. The maximum atomic E-state index is 12.9. The van der Waals surface area contributed by atoms with Crippen LogP contribution in [0.15, 0.2) is 55.0 Å². The fourth-order valence-corrected chi connectivity index (χ4v) is 3.35. The first-order valence-corrected chi connectivity index (χ1v) is 9.85. The van der Waals surface area contributed by atoms with E-state index in [2.05, 4.69) is 20.3 Å². The standard InChI is InChI=1S/C22H24N6O2/c1-16-25-18(15-27(16)13-14-30-2)21-26-20(19-8-4-6-12-28(19)21)22(29)24-11-9-17-7-3-5-10-23-17/h3-8,10,12,15H,9,11,13-14H2,1-2H3,(H,24,29). The second-order valence-corrected chi connectivity index (χ2v) is 6.93. The van der Waals surface area contributed by atoms with Gasteiger partial charge in [0.05, 0.1) is 12.1 Å². The molecule has 0 aliphatic carbocycles. The maximum absolute atomic E-state index is 12.9. The number of ether oxygens (including phenoxy) is 1. The van der Waals surface area contributed by atoms with Gasteiger partial charge in [-0.2, -0.15) is 0 Å². The first kappa shape index (κ1) is 19.8. The van der Waals surface area contributed by atoms with Crippen molar-refractivity contribution in [1.29, 1.82) is 0 Å². The zero-order valence-electron chi connectivity index (χ0n) is 17.1. The van der Waals surface area contributed by atoms with E-state index in [-0.39, 0.29) is 5.91 Å². The Kier molecular flexibility index (Phi) is 5.85. The van der Waals surface area contributed by atoms with Crippen molar-refractivity contribution in [2.24, 2.45) is 0 Å². The predicted octanol–water partition coefficient (Wildman–Crippen LogP) is 2.52. The Labute approximate surface area is 174 Å². The van der Waals surface area contributed by atoms with E-state index in [4.69, 9.17) is 4.74 Å². The van der Waals surface area contributed by atoms with Crippen LogP contribution >= 0.6 is 0 Å². The molecular formula is C22H24N6O2. The van der Waals surface area contributed by atoms with E-state index < -0.39 is 0 Å². The van der Waals surface area contributed by atoms with Gasteiger partial charge in [-0.1, -0.05) is 12.1 Å². The Balaban J connectivity index is 1.58. The monoisotopic (exact) mass is 404 g/mol. The van der Waals surface area contributed by atoms with E-state index in [9.17, 15) is 4.79 Å². The second-order valence-electron chi connectivity index (χ2n) is 6.93. The lowest BCUT2D eigenvalue weighted by Gasteiger charge is -2.03. The number of rotatable bonds is 8. The highest BCUT2D eigenvalue weighted by atomic mass is 16.5. The second kappa shape index (κ2) is 8.87. The number of hydrogen-bond donors (Lipinski definition) is 1. The third kappa shape index (κ3) is 4.08. The van der Waals surface area contributed by atoms with E-state index in [0.717, 1.165) is 22.7 Å². The molecule has 0 saturated heterocycles. The van der Waals surface area contributed by atoms with Crippen molar-refractivity contribution < 1.29 is 9.53 Å². The summed E-state index contributed by atoms with van der Waals surface area (Å²) in [6.45, 7) is 3.74. The molecule has 154 valence electrons. The Hall–Kier alpha value is -3.52. The molecule has 4 aromatic heterocycles. The van der Waals surface area contributed by atoms with Crippen molar-refractivity contribution in [2.45, 2.75) is 19.9 Å². The Morgan fingerprint density at radius 3 is 2.83 bits per heavy atom. The summed E-state index contributed by atoms with van der Waals surface area (Å²) in [5.41, 5.74) is 2.78. The first-order valence-electron chi connectivity index (χ1n) is 9.85. The van der Waals surface area contributed by atoms with Gasteiger partial charge in [-0.3, -0.25) is 14.2 Å². The van der Waals surface area contributed by atoms with Gasteiger partial charge in [0.1, 0.15) is 11.5 Å². The first-order chi connectivity index (χ1) is 14.7. The number of hydrogen-bond acceptors (Lipinski definition) is 5. The number of methoxy groups -OCH3 is 1. The van der Waals surface area contributed by atoms with Gasteiger partial charge < -0.3 is 14.6 Å². The van der Waals surface area contributed by atoms with E-state index in [1.807, 2.05) is 64.7 Å². The largest absolute Gasteiger partial charge is 0.383 e. The molecule has 0 aromatic carbocycles. The minimum absolute atomic E-state index is 0.212. The SMILES string of the molecule is COCCn1cc(-c2nc(C(=O)NCCc3ccccn3)c3ccccn23)nc1C. The Morgan fingerprint density at radius 2 is 2.03 bits per heavy atom. The van der Waals surface area contributed by atoms with Gasteiger partial charge in [0.2, 0.25) is 0 Å². The van der Waals surface area contributed by atoms with E-state index in [1.165, 1.54) is 0 Å². The molecule has 0 saturated carbocycles. The molecule has 0 bridgehead atoms. The van der Waals surface area contributed by atoms with Crippen molar-refractivity contribution in [3.05, 3.63) is 72.2 Å². The fourth-order valence-electron chi connectivity index (χ4n) is 3.35. The van der Waals surface area contributed by atoms with E-state index in [0.29, 0.717) is 37.6 Å². The maximum Gasteiger partial charge on any atom is 0.272 e. The molecule has 4 heterocycles. The lowest BCUT2D eigenvalue weighted by Crippen LogP contribution is -2.26. The summed E-state index contributed by atoms with van der Waals surface area (Å²) in [5.74, 6) is 1.30. The predicted molar refractivity (Wildman–Crippen MR) is 113 cm³/mol. The van der Waals surface area contributed by atoms with Crippen LogP contribution in [-0.4, -0.2) is 50.1 Å². The number of carbonyl (C=O) groups is 1. The third-order valence-electron chi connectivity index (χ3n) is 4.90. The highest BCUT2D eigenvalue weighted by Crippen LogP contribution is 2.22. The Morgan fingerprint density at radius 1 is 1.17 bits per heavy atom. The summed E-state index contributed by atoms with van der Waals surface area (Å²) in [4.78, 5) is 26.4. The summed E-state index contributed by atoms with van der Waals surface area (Å²) in [6, 6.07) is 11.5. The van der Waals surface area contributed by atoms with Gasteiger partial charge in [0, 0.05) is 50.9 Å². The quantitative estimate of drug-likeness (QED) is 0.488. The highest BCUT2D eigenvalue weighted by Gasteiger charge is 2.20. The number of nitrogens with zero attached hydrogens (tertiary/aromatic N) is 5. The summed E-state index contributed by atoms with van der Waals surface area (Å²) >= 11 is 0. The van der Waals surface area contributed by atoms with Crippen LogP contribution in [0.3, 0.4) is 0 Å². The molecular weight excluding hydrogens is 380 g/mol. The summed E-state index contributed by atoms with van der Waals surface area (Å²) in [7, 11) is 1.67. The van der Waals surface area contributed by atoms with Crippen molar-refractivity contribution in [3.63, 3.8) is 0 Å². The normalized spacial score (nSPS) is 11.1. The fraction of sp³-hybridized carbons (Fsp3) is 0.273. The number of aromatic nitrogens is 5. The van der Waals surface area contributed by atoms with Crippen LogP contribution in [-0.2, 0) is 17.7 Å². The van der Waals surface area contributed by atoms with Gasteiger partial charge in [0.25, 0.3) is 5.91 Å². The molecule has 0 spiro atoms. The average molecular weight is 404 g/mol. The average Bonchev–Trinajstić information content (AvgIpc) is 3.33. The molecule has 0 aliphatic heterocycles. The van der Waals surface area contributed by atoms with E-state index in [1.54, 1.807) is 13.3 Å². The zero-order valence-corrected chi connectivity index (χ0v) is 17.1. The van der Waals surface area contributed by atoms with Crippen molar-refractivity contribution >= 4 is 11.4 Å². The number of carbonyl (C=O) groups excluding carboxylic acids is 1. The van der Waals surface area contributed by atoms with Gasteiger partial charge in [-0.15, -0.1) is 0 Å². The summed E-state index contributed by atoms with van der Waals surface area (Å²) in [5, 5.41) is 2.95. The van der Waals surface area contributed by atoms with Gasteiger partial charge in [-0.25, -0.2) is 9.97 Å². The topological polar surface area (TPSA) is 86.3 Å². The molecule has 0 radical (unpaired) electrons. The van der Waals surface area contributed by atoms with Crippen LogP contribution in [0, 0.1) is 6.92 Å². The number of imidazole rings is 2. The molecule has 8 heteroatoms. The summed E-state index contributed by atoms with van der Waals surface area (Å²) < 4.78 is 9.09. The number of fused-ring (bicyclic) bond motifs is 1. The van der Waals surface area contributed by atoms with Crippen molar-refractivity contribution in [2.75, 3.05) is 20.3 Å². The molecule has 0 atom stereocenters.